The van der Waals surface area contributed by atoms with E-state index in [9.17, 15) is 14.4 Å². The van der Waals surface area contributed by atoms with Gasteiger partial charge >= 0.3 is 5.97 Å². The maximum Gasteiger partial charge on any atom is 0.343 e. The molecule has 0 fully saturated rings. The molecule has 9 nitrogen and oxygen atoms in total. The third kappa shape index (κ3) is 8.36. The summed E-state index contributed by atoms with van der Waals surface area (Å²) in [6.45, 7) is 4.28. The Morgan fingerprint density at radius 3 is 2.35 bits per heavy atom. The van der Waals surface area contributed by atoms with Gasteiger partial charge in [-0.15, -0.1) is 0 Å². The van der Waals surface area contributed by atoms with E-state index in [0.29, 0.717) is 46.4 Å². The van der Waals surface area contributed by atoms with Crippen LogP contribution in [0.5, 0.6) is 17.2 Å². The van der Waals surface area contributed by atoms with Gasteiger partial charge in [0.1, 0.15) is 5.75 Å². The Balaban J connectivity index is 1.56. The van der Waals surface area contributed by atoms with Gasteiger partial charge in [-0.3, -0.25) is 9.59 Å². The standard InChI is InChI=1S/C27H26ClN3O6/c1-3-35-22-11-9-19(10-12-22)27(34)37-23-13-8-18(14-24(23)36-4-2)16-30-31-25(32)17-29-26(33)20-6-5-7-21(28)15-20/h5-16H,3-4,17H2,1-2H3,(H,29,33)(H,31,32)/b30-16-. The van der Waals surface area contributed by atoms with Crippen molar-refractivity contribution in [3.05, 3.63) is 88.4 Å². The van der Waals surface area contributed by atoms with Crippen LogP contribution in [0.25, 0.3) is 0 Å². The Labute approximate surface area is 219 Å². The summed E-state index contributed by atoms with van der Waals surface area (Å²) in [5.41, 5.74) is 3.63. The molecule has 192 valence electrons. The molecule has 2 amide bonds. The molecule has 0 aliphatic rings. The van der Waals surface area contributed by atoms with Crippen LogP contribution in [0.2, 0.25) is 5.02 Å². The Morgan fingerprint density at radius 2 is 1.65 bits per heavy atom. The number of halogens is 1. The molecule has 0 saturated heterocycles. The Hall–Kier alpha value is -4.37. The van der Waals surface area contributed by atoms with Gasteiger partial charge in [-0.2, -0.15) is 5.10 Å². The van der Waals surface area contributed by atoms with Crippen molar-refractivity contribution in [1.29, 1.82) is 0 Å². The molecule has 37 heavy (non-hydrogen) atoms. The lowest BCUT2D eigenvalue weighted by atomic mass is 10.2. The van der Waals surface area contributed by atoms with Crippen molar-refractivity contribution in [2.75, 3.05) is 19.8 Å². The monoisotopic (exact) mass is 523 g/mol. The first-order valence-electron chi connectivity index (χ1n) is 11.5. The minimum Gasteiger partial charge on any atom is -0.494 e. The second-order valence-corrected chi connectivity index (χ2v) is 7.91. The summed E-state index contributed by atoms with van der Waals surface area (Å²) in [6, 6.07) is 17.9. The summed E-state index contributed by atoms with van der Waals surface area (Å²) in [4.78, 5) is 36.7. The fourth-order valence-corrected chi connectivity index (χ4v) is 3.27. The highest BCUT2D eigenvalue weighted by atomic mass is 35.5. The summed E-state index contributed by atoms with van der Waals surface area (Å²) in [6.07, 6.45) is 1.40. The van der Waals surface area contributed by atoms with Crippen LogP contribution in [0.15, 0.2) is 71.8 Å². The van der Waals surface area contributed by atoms with Crippen LogP contribution in [0, 0.1) is 0 Å². The molecule has 0 unspecified atom stereocenters. The number of nitrogens with zero attached hydrogens (tertiary/aromatic N) is 1. The molecule has 3 aromatic carbocycles. The lowest BCUT2D eigenvalue weighted by Crippen LogP contribution is -2.34. The van der Waals surface area contributed by atoms with E-state index in [1.54, 1.807) is 67.6 Å². The lowest BCUT2D eigenvalue weighted by molar-refractivity contribution is -0.120. The number of nitrogens with one attached hydrogen (secondary N) is 2. The highest BCUT2D eigenvalue weighted by Crippen LogP contribution is 2.29. The third-order valence-corrected chi connectivity index (χ3v) is 5.01. The third-order valence-electron chi connectivity index (χ3n) is 4.77. The van der Waals surface area contributed by atoms with Gasteiger partial charge in [0, 0.05) is 10.6 Å². The molecule has 0 aromatic heterocycles. The van der Waals surface area contributed by atoms with Crippen molar-refractivity contribution in [2.24, 2.45) is 5.10 Å². The van der Waals surface area contributed by atoms with Gasteiger partial charge in [-0.1, -0.05) is 17.7 Å². The van der Waals surface area contributed by atoms with Crippen LogP contribution in [0.4, 0.5) is 0 Å². The van der Waals surface area contributed by atoms with Gasteiger partial charge in [0.05, 0.1) is 31.5 Å². The molecule has 0 spiro atoms. The number of carbonyl (C=O) groups excluding carboxylic acids is 3. The largest absolute Gasteiger partial charge is 0.494 e. The smallest absolute Gasteiger partial charge is 0.343 e. The van der Waals surface area contributed by atoms with Crippen molar-refractivity contribution in [3.8, 4) is 17.2 Å². The van der Waals surface area contributed by atoms with Crippen LogP contribution in [-0.4, -0.2) is 43.8 Å². The number of benzene rings is 3. The molecule has 3 aromatic rings. The minimum absolute atomic E-state index is 0.241. The number of hydrogen-bond acceptors (Lipinski definition) is 7. The van der Waals surface area contributed by atoms with Gasteiger partial charge in [-0.25, -0.2) is 10.2 Å². The molecular weight excluding hydrogens is 498 g/mol. The highest BCUT2D eigenvalue weighted by Gasteiger charge is 2.14. The normalized spacial score (nSPS) is 10.6. The van der Waals surface area contributed by atoms with Crippen molar-refractivity contribution < 1.29 is 28.6 Å². The van der Waals surface area contributed by atoms with E-state index in [2.05, 4.69) is 15.8 Å². The van der Waals surface area contributed by atoms with Crippen LogP contribution in [-0.2, 0) is 4.79 Å². The van der Waals surface area contributed by atoms with Crippen LogP contribution >= 0.6 is 11.6 Å². The van der Waals surface area contributed by atoms with Gasteiger partial charge in [0.25, 0.3) is 11.8 Å². The number of ether oxygens (including phenoxy) is 3. The minimum atomic E-state index is -0.544. The second kappa shape index (κ2) is 13.6. The summed E-state index contributed by atoms with van der Waals surface area (Å²) in [5, 5.41) is 6.81. The number of carbonyl (C=O) groups is 3. The summed E-state index contributed by atoms with van der Waals surface area (Å²) in [5.74, 6) is -0.252. The molecule has 0 saturated carbocycles. The molecule has 2 N–H and O–H groups in total. The fraction of sp³-hybridized carbons (Fsp3) is 0.185. The predicted molar refractivity (Wildman–Crippen MR) is 140 cm³/mol. The van der Waals surface area contributed by atoms with E-state index in [1.807, 2.05) is 6.92 Å². The zero-order valence-electron chi connectivity index (χ0n) is 20.3. The van der Waals surface area contributed by atoms with Gasteiger partial charge < -0.3 is 19.5 Å². The van der Waals surface area contributed by atoms with Gasteiger partial charge in [0.2, 0.25) is 0 Å². The molecule has 0 aliphatic heterocycles. The van der Waals surface area contributed by atoms with Crippen molar-refractivity contribution in [3.63, 3.8) is 0 Å². The molecule has 0 aliphatic carbocycles. The van der Waals surface area contributed by atoms with Gasteiger partial charge in [-0.05, 0) is 80.1 Å². The SMILES string of the molecule is CCOc1ccc(C(=O)Oc2ccc(/C=N\NC(=O)CNC(=O)c3cccc(Cl)c3)cc2OCC)cc1. The Bertz CT molecular complexity index is 1280. The van der Waals surface area contributed by atoms with Crippen molar-refractivity contribution >= 4 is 35.6 Å². The maximum atomic E-state index is 12.6. The van der Waals surface area contributed by atoms with Crippen LogP contribution in [0.1, 0.15) is 40.1 Å². The number of amides is 2. The molecular formula is C27H26ClN3O6. The number of hydrogen-bond donors (Lipinski definition) is 2. The van der Waals surface area contributed by atoms with Crippen molar-refractivity contribution in [1.82, 2.24) is 10.7 Å². The summed E-state index contributed by atoms with van der Waals surface area (Å²) < 4.78 is 16.5. The number of rotatable bonds is 11. The zero-order chi connectivity index (χ0) is 26.6. The highest BCUT2D eigenvalue weighted by molar-refractivity contribution is 6.31. The van der Waals surface area contributed by atoms with E-state index < -0.39 is 17.8 Å². The predicted octanol–water partition coefficient (Wildman–Crippen LogP) is 4.24. The molecule has 0 heterocycles. The van der Waals surface area contributed by atoms with Crippen LogP contribution in [0.3, 0.4) is 0 Å². The van der Waals surface area contributed by atoms with E-state index in [0.717, 1.165) is 0 Å². The first-order chi connectivity index (χ1) is 17.9. The average Bonchev–Trinajstić information content (AvgIpc) is 2.89. The van der Waals surface area contributed by atoms with E-state index in [-0.39, 0.29) is 12.3 Å². The average molecular weight is 524 g/mol. The van der Waals surface area contributed by atoms with E-state index >= 15 is 0 Å². The number of hydrazone groups is 1. The topological polar surface area (TPSA) is 115 Å². The molecule has 3 rings (SSSR count). The second-order valence-electron chi connectivity index (χ2n) is 7.47. The van der Waals surface area contributed by atoms with E-state index in [4.69, 9.17) is 25.8 Å². The Morgan fingerprint density at radius 1 is 0.892 bits per heavy atom. The zero-order valence-corrected chi connectivity index (χ0v) is 21.1. The summed E-state index contributed by atoms with van der Waals surface area (Å²) >= 11 is 5.87. The molecule has 0 radical (unpaired) electrons. The van der Waals surface area contributed by atoms with E-state index in [1.165, 1.54) is 12.3 Å². The van der Waals surface area contributed by atoms with Crippen molar-refractivity contribution in [2.45, 2.75) is 13.8 Å². The Kier molecular flexibility index (Phi) is 10.0. The maximum absolute atomic E-state index is 12.6. The summed E-state index contributed by atoms with van der Waals surface area (Å²) in [7, 11) is 0. The first kappa shape index (κ1) is 27.2. The van der Waals surface area contributed by atoms with Crippen LogP contribution < -0.4 is 25.0 Å². The lowest BCUT2D eigenvalue weighted by Gasteiger charge is -2.11. The molecule has 10 heteroatoms. The van der Waals surface area contributed by atoms with Gasteiger partial charge in [0.15, 0.2) is 11.5 Å². The quantitative estimate of drug-likeness (QED) is 0.168. The number of esters is 1. The molecule has 0 bridgehead atoms. The fourth-order valence-electron chi connectivity index (χ4n) is 3.08. The first-order valence-corrected chi connectivity index (χ1v) is 11.8. The molecule has 0 atom stereocenters.